The minimum atomic E-state index is -4.48. The fraction of sp³-hybridized carbons (Fsp3) is 0.200. The van der Waals surface area contributed by atoms with Gasteiger partial charge < -0.3 is 9.15 Å². The van der Waals surface area contributed by atoms with E-state index in [9.17, 15) is 13.2 Å². The second-order valence-corrected chi connectivity index (χ2v) is 3.54. The maximum atomic E-state index is 12.6. The average molecular weight is 251 g/mol. The number of furan rings is 1. The van der Waals surface area contributed by atoms with E-state index in [-0.39, 0.29) is 16.0 Å². The molecule has 0 aliphatic carbocycles. The van der Waals surface area contributed by atoms with E-state index in [4.69, 9.17) is 20.8 Å². The van der Waals surface area contributed by atoms with Crippen molar-refractivity contribution in [1.82, 2.24) is 0 Å². The molecule has 0 aliphatic rings. The van der Waals surface area contributed by atoms with Crippen molar-refractivity contribution in [3.63, 3.8) is 0 Å². The number of methoxy groups -OCH3 is 1. The van der Waals surface area contributed by atoms with Crippen LogP contribution in [-0.4, -0.2) is 7.11 Å². The lowest BCUT2D eigenvalue weighted by molar-refractivity contribution is -0.136. The minimum Gasteiger partial charge on any atom is -0.497 e. The number of alkyl halides is 3. The lowest BCUT2D eigenvalue weighted by Crippen LogP contribution is -2.03. The summed E-state index contributed by atoms with van der Waals surface area (Å²) in [5, 5.41) is -0.189. The Balaban J connectivity index is 2.74. The molecule has 0 saturated carbocycles. The molecule has 0 saturated heterocycles. The molecule has 1 heterocycles. The number of benzene rings is 1. The summed E-state index contributed by atoms with van der Waals surface area (Å²) < 4.78 is 47.4. The molecule has 0 fully saturated rings. The van der Waals surface area contributed by atoms with Gasteiger partial charge >= 0.3 is 6.18 Å². The molecule has 16 heavy (non-hydrogen) atoms. The number of hydrogen-bond acceptors (Lipinski definition) is 2. The van der Waals surface area contributed by atoms with E-state index in [1.54, 1.807) is 0 Å². The lowest BCUT2D eigenvalue weighted by atomic mass is 10.1. The third-order valence-electron chi connectivity index (χ3n) is 2.14. The Kier molecular flexibility index (Phi) is 2.50. The Morgan fingerprint density at radius 1 is 1.31 bits per heavy atom. The van der Waals surface area contributed by atoms with Gasteiger partial charge in [0.1, 0.15) is 23.2 Å². The van der Waals surface area contributed by atoms with E-state index in [0.717, 1.165) is 0 Å². The molecule has 86 valence electrons. The van der Waals surface area contributed by atoms with Crippen molar-refractivity contribution in [2.75, 3.05) is 7.11 Å². The second-order valence-electron chi connectivity index (χ2n) is 3.13. The SMILES string of the molecule is COc1cc(Cl)c2c(C(F)(F)F)coc2c1. The Hall–Kier alpha value is -1.36. The van der Waals surface area contributed by atoms with Crippen LogP contribution in [0.15, 0.2) is 22.8 Å². The van der Waals surface area contributed by atoms with Gasteiger partial charge in [0.05, 0.1) is 17.5 Å². The number of ether oxygens (including phenoxy) is 1. The molecule has 0 spiro atoms. The summed E-state index contributed by atoms with van der Waals surface area (Å²) in [7, 11) is 1.39. The van der Waals surface area contributed by atoms with Crippen molar-refractivity contribution >= 4 is 22.6 Å². The number of fused-ring (bicyclic) bond motifs is 1. The summed E-state index contributed by atoms with van der Waals surface area (Å²) in [5.41, 5.74) is -0.827. The van der Waals surface area contributed by atoms with Crippen molar-refractivity contribution in [1.29, 1.82) is 0 Å². The Labute approximate surface area is 93.6 Å². The molecule has 0 amide bonds. The van der Waals surface area contributed by atoms with Crippen molar-refractivity contribution in [3.8, 4) is 5.75 Å². The highest BCUT2D eigenvalue weighted by Gasteiger charge is 2.35. The summed E-state index contributed by atoms with van der Waals surface area (Å²) in [5.74, 6) is 0.348. The average Bonchev–Trinajstić information content (AvgIpc) is 2.60. The summed E-state index contributed by atoms with van der Waals surface area (Å²) in [4.78, 5) is 0. The van der Waals surface area contributed by atoms with Crippen LogP contribution >= 0.6 is 11.6 Å². The third kappa shape index (κ3) is 1.71. The molecular formula is C10H6ClF3O2. The Bertz CT molecular complexity index is 531. The van der Waals surface area contributed by atoms with Gasteiger partial charge in [-0.25, -0.2) is 0 Å². The maximum absolute atomic E-state index is 12.6. The fourth-order valence-corrected chi connectivity index (χ4v) is 1.72. The van der Waals surface area contributed by atoms with Crippen molar-refractivity contribution < 1.29 is 22.3 Å². The largest absolute Gasteiger partial charge is 0.497 e. The molecule has 2 rings (SSSR count). The highest BCUT2D eigenvalue weighted by molar-refractivity contribution is 6.35. The lowest BCUT2D eigenvalue weighted by Gasteiger charge is -2.05. The van der Waals surface area contributed by atoms with Gasteiger partial charge in [-0.2, -0.15) is 13.2 Å². The molecular weight excluding hydrogens is 245 g/mol. The van der Waals surface area contributed by atoms with Gasteiger partial charge in [0.2, 0.25) is 0 Å². The van der Waals surface area contributed by atoms with Crippen LogP contribution in [0.3, 0.4) is 0 Å². The van der Waals surface area contributed by atoms with Crippen molar-refractivity contribution in [3.05, 3.63) is 29.0 Å². The first-order valence-electron chi connectivity index (χ1n) is 4.25. The quantitative estimate of drug-likeness (QED) is 0.760. The zero-order chi connectivity index (χ0) is 11.9. The molecule has 1 aromatic carbocycles. The smallest absolute Gasteiger partial charge is 0.420 e. The van der Waals surface area contributed by atoms with Gasteiger partial charge in [-0.3, -0.25) is 0 Å². The van der Waals surface area contributed by atoms with Gasteiger partial charge in [0, 0.05) is 6.07 Å². The minimum absolute atomic E-state index is 0.0459. The van der Waals surface area contributed by atoms with Gasteiger partial charge in [-0.1, -0.05) is 11.6 Å². The third-order valence-corrected chi connectivity index (χ3v) is 2.44. The fourth-order valence-electron chi connectivity index (χ4n) is 1.42. The predicted octanol–water partition coefficient (Wildman–Crippen LogP) is 4.11. The van der Waals surface area contributed by atoms with Crippen LogP contribution in [0, 0.1) is 0 Å². The molecule has 0 unspecified atom stereocenters. The predicted molar refractivity (Wildman–Crippen MR) is 52.8 cm³/mol. The van der Waals surface area contributed by atoms with Crippen molar-refractivity contribution in [2.45, 2.75) is 6.18 Å². The van der Waals surface area contributed by atoms with E-state index in [1.165, 1.54) is 19.2 Å². The standard InChI is InChI=1S/C10H6ClF3O2/c1-15-5-2-7(11)9-6(10(12,13)14)4-16-8(9)3-5/h2-4H,1H3. The first-order valence-corrected chi connectivity index (χ1v) is 4.63. The van der Waals surface area contributed by atoms with Gasteiger partial charge in [0.15, 0.2) is 0 Å². The monoisotopic (exact) mass is 250 g/mol. The maximum Gasteiger partial charge on any atom is 0.420 e. The van der Waals surface area contributed by atoms with E-state index in [0.29, 0.717) is 12.0 Å². The molecule has 0 radical (unpaired) electrons. The summed E-state index contributed by atoms with van der Waals surface area (Å²) in [6, 6.07) is 2.67. The van der Waals surface area contributed by atoms with E-state index in [1.807, 2.05) is 0 Å². The van der Waals surface area contributed by atoms with E-state index >= 15 is 0 Å². The van der Waals surface area contributed by atoms with Crippen LogP contribution in [-0.2, 0) is 6.18 Å². The molecule has 0 N–H and O–H groups in total. The Morgan fingerprint density at radius 3 is 2.56 bits per heavy atom. The van der Waals surface area contributed by atoms with Crippen LogP contribution in [0.4, 0.5) is 13.2 Å². The van der Waals surface area contributed by atoms with Gasteiger partial charge in [-0.05, 0) is 6.07 Å². The Morgan fingerprint density at radius 2 is 2.00 bits per heavy atom. The van der Waals surface area contributed by atoms with Crippen LogP contribution in [0.1, 0.15) is 5.56 Å². The highest BCUT2D eigenvalue weighted by atomic mass is 35.5. The van der Waals surface area contributed by atoms with Crippen molar-refractivity contribution in [2.24, 2.45) is 0 Å². The normalized spacial score (nSPS) is 12.1. The van der Waals surface area contributed by atoms with E-state index < -0.39 is 11.7 Å². The molecule has 1 aromatic heterocycles. The zero-order valence-corrected chi connectivity index (χ0v) is 8.82. The molecule has 2 aromatic rings. The van der Waals surface area contributed by atoms with Gasteiger partial charge in [0.25, 0.3) is 0 Å². The summed E-state index contributed by atoms with van der Waals surface area (Å²) in [6.07, 6.45) is -3.83. The molecule has 0 atom stereocenters. The first kappa shape index (κ1) is 11.1. The van der Waals surface area contributed by atoms with Crippen LogP contribution in [0.5, 0.6) is 5.75 Å². The van der Waals surface area contributed by atoms with Crippen LogP contribution < -0.4 is 4.74 Å². The highest BCUT2D eigenvalue weighted by Crippen LogP contribution is 2.40. The van der Waals surface area contributed by atoms with Gasteiger partial charge in [-0.15, -0.1) is 0 Å². The molecule has 2 nitrogen and oxygen atoms in total. The zero-order valence-electron chi connectivity index (χ0n) is 8.06. The second kappa shape index (κ2) is 3.59. The van der Waals surface area contributed by atoms with E-state index in [2.05, 4.69) is 0 Å². The summed E-state index contributed by atoms with van der Waals surface area (Å²) in [6.45, 7) is 0. The molecule has 0 bridgehead atoms. The van der Waals surface area contributed by atoms with Crippen LogP contribution in [0.25, 0.3) is 11.0 Å². The number of halogens is 4. The number of hydrogen-bond donors (Lipinski definition) is 0. The molecule has 6 heteroatoms. The van der Waals surface area contributed by atoms with Crippen LogP contribution in [0.2, 0.25) is 5.02 Å². The first-order chi connectivity index (χ1) is 7.43. The summed E-state index contributed by atoms with van der Waals surface area (Å²) >= 11 is 5.75. The number of rotatable bonds is 1. The topological polar surface area (TPSA) is 22.4 Å². The molecule has 0 aliphatic heterocycles.